The number of hydrogen-bond acceptors (Lipinski definition) is 8. The molecule has 4 aromatic rings. The minimum absolute atomic E-state index is 0.198. The van der Waals surface area contributed by atoms with Gasteiger partial charge in [-0.15, -0.1) is 0 Å². The van der Waals surface area contributed by atoms with Crippen LogP contribution in [-0.2, 0) is 16.1 Å². The number of aromatic nitrogens is 3. The van der Waals surface area contributed by atoms with E-state index in [1.807, 2.05) is 38.1 Å². The number of nitrogens with zero attached hydrogens (tertiary/aromatic N) is 3. The zero-order valence-electron chi connectivity index (χ0n) is 19.7. The van der Waals surface area contributed by atoms with Crippen molar-refractivity contribution >= 4 is 49.4 Å². The van der Waals surface area contributed by atoms with Gasteiger partial charge in [0.25, 0.3) is 5.56 Å². The molecule has 4 rings (SSSR count). The van der Waals surface area contributed by atoms with Crippen LogP contribution in [0, 0.1) is 5.92 Å². The van der Waals surface area contributed by atoms with Gasteiger partial charge in [-0.25, -0.2) is 9.97 Å². The first kappa shape index (κ1) is 24.1. The Balaban J connectivity index is 1.50. The lowest BCUT2D eigenvalue weighted by atomic mass is 10.0. The summed E-state index contributed by atoms with van der Waals surface area (Å²) in [6.45, 7) is 3.35. The number of carbonyl (C=O) groups excluding carboxylic acids is 2. The van der Waals surface area contributed by atoms with E-state index in [4.69, 9.17) is 9.47 Å². The van der Waals surface area contributed by atoms with Gasteiger partial charge in [0, 0.05) is 6.07 Å². The summed E-state index contributed by atoms with van der Waals surface area (Å²) in [4.78, 5) is 47.4. The predicted octanol–water partition coefficient (Wildman–Crippen LogP) is 2.80. The topological polar surface area (TPSA) is 124 Å². The lowest BCUT2D eigenvalue weighted by Crippen LogP contribution is -2.48. The molecule has 0 saturated carbocycles. The molecule has 0 aliphatic carbocycles. The zero-order valence-corrected chi connectivity index (χ0v) is 20.5. The highest BCUT2D eigenvalue weighted by molar-refractivity contribution is 7.22. The third-order valence-electron chi connectivity index (χ3n) is 5.43. The highest BCUT2D eigenvalue weighted by Gasteiger charge is 2.25. The van der Waals surface area contributed by atoms with E-state index >= 15 is 0 Å². The van der Waals surface area contributed by atoms with Crippen LogP contribution in [0.1, 0.15) is 13.8 Å². The van der Waals surface area contributed by atoms with E-state index in [0.717, 1.165) is 10.2 Å². The van der Waals surface area contributed by atoms with Crippen molar-refractivity contribution in [2.75, 3.05) is 19.5 Å². The number of rotatable bonds is 8. The Kier molecular flexibility index (Phi) is 6.97. The van der Waals surface area contributed by atoms with Crippen molar-refractivity contribution in [1.82, 2.24) is 19.9 Å². The third kappa shape index (κ3) is 5.09. The molecule has 0 bridgehead atoms. The van der Waals surface area contributed by atoms with Gasteiger partial charge >= 0.3 is 0 Å². The Bertz CT molecular complexity index is 1430. The molecule has 35 heavy (non-hydrogen) atoms. The van der Waals surface area contributed by atoms with Gasteiger partial charge in [-0.05, 0) is 24.1 Å². The van der Waals surface area contributed by atoms with E-state index in [9.17, 15) is 14.4 Å². The fraction of sp³-hybridized carbons (Fsp3) is 0.292. The quantitative estimate of drug-likeness (QED) is 0.385. The molecule has 182 valence electrons. The van der Waals surface area contributed by atoms with Crippen LogP contribution in [0.15, 0.2) is 47.5 Å². The zero-order chi connectivity index (χ0) is 25.1. The lowest BCUT2D eigenvalue weighted by molar-refractivity contribution is -0.127. The molecule has 0 fully saturated rings. The number of para-hydroxylation sites is 1. The number of nitrogens with one attached hydrogen (secondary N) is 2. The maximum absolute atomic E-state index is 13.0. The first-order chi connectivity index (χ1) is 16.8. The van der Waals surface area contributed by atoms with Crippen LogP contribution in [0.25, 0.3) is 21.1 Å². The van der Waals surface area contributed by atoms with E-state index in [2.05, 4.69) is 20.6 Å². The fourth-order valence-electron chi connectivity index (χ4n) is 3.62. The molecule has 0 saturated heterocycles. The third-order valence-corrected chi connectivity index (χ3v) is 6.38. The smallest absolute Gasteiger partial charge is 0.261 e. The number of thiazole rings is 1. The molecule has 2 N–H and O–H groups in total. The maximum atomic E-state index is 13.0. The SMILES string of the molecule is COc1cc2ncn(CC(=O)N[C@@H](C(=O)Nc3nc4ccccc4s3)C(C)C)c(=O)c2cc1OC. The monoisotopic (exact) mass is 495 g/mol. The fourth-order valence-corrected chi connectivity index (χ4v) is 4.48. The molecule has 0 unspecified atom stereocenters. The molecule has 0 aliphatic heterocycles. The number of fused-ring (bicyclic) bond motifs is 2. The maximum Gasteiger partial charge on any atom is 0.261 e. The highest BCUT2D eigenvalue weighted by Crippen LogP contribution is 2.30. The summed E-state index contributed by atoms with van der Waals surface area (Å²) < 4.78 is 12.6. The predicted molar refractivity (Wildman–Crippen MR) is 134 cm³/mol. The van der Waals surface area contributed by atoms with Crippen LogP contribution < -0.4 is 25.7 Å². The molecule has 2 amide bonds. The van der Waals surface area contributed by atoms with Crippen LogP contribution in [0.5, 0.6) is 11.5 Å². The number of anilines is 1. The van der Waals surface area contributed by atoms with Crippen LogP contribution in [-0.4, -0.2) is 46.6 Å². The van der Waals surface area contributed by atoms with E-state index in [1.165, 1.54) is 42.5 Å². The number of amides is 2. The van der Waals surface area contributed by atoms with Crippen LogP contribution in [0.2, 0.25) is 0 Å². The van der Waals surface area contributed by atoms with Crippen LogP contribution in [0.4, 0.5) is 5.13 Å². The molecule has 2 aromatic carbocycles. The summed E-state index contributed by atoms with van der Waals surface area (Å²) in [5.74, 6) is -0.245. The second-order valence-corrected chi connectivity index (χ2v) is 9.20. The summed E-state index contributed by atoms with van der Waals surface area (Å²) in [6, 6.07) is 9.88. The Hall–Kier alpha value is -3.99. The first-order valence-corrected chi connectivity index (χ1v) is 11.7. The number of ether oxygens (including phenoxy) is 2. The minimum Gasteiger partial charge on any atom is -0.493 e. The van der Waals surface area contributed by atoms with Gasteiger partial charge in [0.05, 0.1) is 41.7 Å². The van der Waals surface area contributed by atoms with Crippen molar-refractivity contribution < 1.29 is 19.1 Å². The van der Waals surface area contributed by atoms with Crippen molar-refractivity contribution in [2.24, 2.45) is 5.92 Å². The Labute approximate surface area is 204 Å². The molecule has 2 aromatic heterocycles. The molecule has 2 heterocycles. The number of methoxy groups -OCH3 is 2. The highest BCUT2D eigenvalue weighted by atomic mass is 32.1. The molecule has 1 atom stereocenters. The van der Waals surface area contributed by atoms with Gasteiger partial charge in [0.15, 0.2) is 16.6 Å². The average molecular weight is 496 g/mol. The molecule has 0 spiro atoms. The molecular weight excluding hydrogens is 470 g/mol. The van der Waals surface area contributed by atoms with Crippen LogP contribution >= 0.6 is 11.3 Å². The van der Waals surface area contributed by atoms with Gasteiger partial charge in [0.2, 0.25) is 11.8 Å². The second-order valence-electron chi connectivity index (χ2n) is 8.17. The van der Waals surface area contributed by atoms with E-state index in [1.54, 1.807) is 6.07 Å². The Morgan fingerprint density at radius 1 is 1.09 bits per heavy atom. The summed E-state index contributed by atoms with van der Waals surface area (Å²) in [5.41, 5.74) is 0.793. The molecule has 0 radical (unpaired) electrons. The standard InChI is InChI=1S/C24H25N5O5S/c1-13(2)21(22(31)28-24-26-15-7-5-6-8-19(15)35-24)27-20(30)11-29-12-25-16-10-18(34-4)17(33-3)9-14(16)23(29)32/h5-10,12-13,21H,11H2,1-4H3,(H,27,30)(H,26,28,31)/t21-/m1/s1. The minimum atomic E-state index is -0.817. The Morgan fingerprint density at radius 2 is 1.80 bits per heavy atom. The normalized spacial score (nSPS) is 12.0. The summed E-state index contributed by atoms with van der Waals surface area (Å²) in [5, 5.41) is 6.25. The van der Waals surface area contributed by atoms with Crippen molar-refractivity contribution in [3.05, 3.63) is 53.1 Å². The number of hydrogen-bond donors (Lipinski definition) is 2. The average Bonchev–Trinajstić information content (AvgIpc) is 3.25. The Morgan fingerprint density at radius 3 is 2.49 bits per heavy atom. The van der Waals surface area contributed by atoms with Gasteiger partial charge in [0.1, 0.15) is 12.6 Å². The van der Waals surface area contributed by atoms with E-state index in [0.29, 0.717) is 22.1 Å². The molecule has 10 nitrogen and oxygen atoms in total. The largest absolute Gasteiger partial charge is 0.493 e. The van der Waals surface area contributed by atoms with E-state index in [-0.39, 0.29) is 23.8 Å². The van der Waals surface area contributed by atoms with Crippen molar-refractivity contribution in [2.45, 2.75) is 26.4 Å². The first-order valence-electron chi connectivity index (χ1n) is 10.9. The number of carbonyl (C=O) groups is 2. The van der Waals surface area contributed by atoms with Crippen molar-refractivity contribution in [3.63, 3.8) is 0 Å². The van der Waals surface area contributed by atoms with Gasteiger partial charge in [-0.3, -0.25) is 19.0 Å². The van der Waals surface area contributed by atoms with Crippen LogP contribution in [0.3, 0.4) is 0 Å². The summed E-state index contributed by atoms with van der Waals surface area (Å²) in [7, 11) is 2.96. The second kappa shape index (κ2) is 10.1. The lowest BCUT2D eigenvalue weighted by Gasteiger charge is -2.21. The molecule has 0 aliphatic rings. The van der Waals surface area contributed by atoms with Gasteiger partial charge < -0.3 is 20.1 Å². The number of benzene rings is 2. The van der Waals surface area contributed by atoms with Crippen molar-refractivity contribution in [3.8, 4) is 11.5 Å². The summed E-state index contributed by atoms with van der Waals surface area (Å²) >= 11 is 1.36. The summed E-state index contributed by atoms with van der Waals surface area (Å²) in [6.07, 6.45) is 1.29. The van der Waals surface area contributed by atoms with E-state index < -0.39 is 17.5 Å². The van der Waals surface area contributed by atoms with Gasteiger partial charge in [-0.1, -0.05) is 37.3 Å². The van der Waals surface area contributed by atoms with Crippen molar-refractivity contribution in [1.29, 1.82) is 0 Å². The molecular formula is C24H25N5O5S. The molecule has 11 heteroatoms. The van der Waals surface area contributed by atoms with Gasteiger partial charge in [-0.2, -0.15) is 0 Å².